The van der Waals surface area contributed by atoms with Gasteiger partial charge in [-0.3, -0.25) is 0 Å². The van der Waals surface area contributed by atoms with Crippen LogP contribution in [0.2, 0.25) is 0 Å². The van der Waals surface area contributed by atoms with E-state index in [9.17, 15) is 4.79 Å². The fraction of sp³-hybridized carbons (Fsp3) is 0.125. The molecule has 2 nitrogen and oxygen atoms in total. The fourth-order valence-electron chi connectivity index (χ4n) is 0.692. The smallest absolute Gasteiger partial charge is 0.337 e. The van der Waals surface area contributed by atoms with Gasteiger partial charge < -0.3 is 4.74 Å². The van der Waals surface area contributed by atoms with E-state index in [2.05, 4.69) is 4.74 Å². The van der Waals surface area contributed by atoms with Gasteiger partial charge in [0.15, 0.2) is 0 Å². The third-order valence-electron chi connectivity index (χ3n) is 1.19. The number of carbonyl (C=O) groups excluding carboxylic acids is 1. The van der Waals surface area contributed by atoms with Crippen molar-refractivity contribution in [3.8, 4) is 0 Å². The van der Waals surface area contributed by atoms with Crippen LogP contribution in [0.15, 0.2) is 30.3 Å². The molecule has 0 N–H and O–H groups in total. The van der Waals surface area contributed by atoms with Crippen LogP contribution in [-0.2, 0) is 4.74 Å². The number of benzene rings is 1. The molecule has 0 aliphatic rings. The molecule has 0 bridgehead atoms. The predicted molar refractivity (Wildman–Crippen MR) is 53.2 cm³/mol. The lowest BCUT2D eigenvalue weighted by Gasteiger charge is -1.95. The van der Waals surface area contributed by atoms with Gasteiger partial charge in [0.2, 0.25) is 0 Å². The third kappa shape index (κ3) is 2.88. The van der Waals surface area contributed by atoms with Crippen molar-refractivity contribution < 1.29 is 9.53 Å². The molecule has 0 radical (unpaired) electrons. The number of hydrogen-bond acceptors (Lipinski definition) is 2. The molecule has 0 amide bonds. The van der Waals surface area contributed by atoms with E-state index < -0.39 is 0 Å². The Labute approximate surface area is 82.6 Å². The van der Waals surface area contributed by atoms with E-state index in [0.717, 1.165) is 0 Å². The second kappa shape index (κ2) is 5.12. The van der Waals surface area contributed by atoms with Crippen LogP contribution in [0.4, 0.5) is 0 Å². The molecule has 3 heteroatoms. The number of hydrogen-bond donors (Lipinski definition) is 0. The maximum Gasteiger partial charge on any atom is 0.337 e. The third-order valence-corrected chi connectivity index (χ3v) is 1.19. The highest BCUT2D eigenvalue weighted by molar-refractivity contribution is 14.0. The number of ether oxygens (including phenoxy) is 1. The molecular weight excluding hydrogens is 255 g/mol. The normalized spacial score (nSPS) is 8.09. The predicted octanol–water partition coefficient (Wildman–Crippen LogP) is 2.09. The summed E-state index contributed by atoms with van der Waals surface area (Å²) in [6.07, 6.45) is 0. The Morgan fingerprint density at radius 1 is 1.27 bits per heavy atom. The zero-order valence-electron chi connectivity index (χ0n) is 6.11. The molecule has 0 aliphatic heterocycles. The first kappa shape index (κ1) is 10.4. The lowest BCUT2D eigenvalue weighted by Crippen LogP contribution is -1.99. The van der Waals surface area contributed by atoms with Crippen molar-refractivity contribution in [2.24, 2.45) is 0 Å². The molecule has 0 heterocycles. The second-order valence-electron chi connectivity index (χ2n) is 1.86. The molecule has 1 aromatic rings. The van der Waals surface area contributed by atoms with E-state index in [1.807, 2.05) is 6.07 Å². The summed E-state index contributed by atoms with van der Waals surface area (Å²) in [4.78, 5) is 10.8. The Morgan fingerprint density at radius 2 is 1.82 bits per heavy atom. The number of esters is 1. The number of methoxy groups -OCH3 is 1. The molecule has 0 atom stereocenters. The van der Waals surface area contributed by atoms with Crippen molar-refractivity contribution >= 4 is 29.9 Å². The summed E-state index contributed by atoms with van der Waals surface area (Å²) in [6, 6.07) is 8.88. The van der Waals surface area contributed by atoms with E-state index in [4.69, 9.17) is 0 Å². The highest BCUT2D eigenvalue weighted by Gasteiger charge is 2.00. The molecule has 0 aromatic heterocycles. The lowest BCUT2D eigenvalue weighted by molar-refractivity contribution is 0.0601. The minimum absolute atomic E-state index is 0. The molecule has 60 valence electrons. The molecule has 1 aromatic carbocycles. The van der Waals surface area contributed by atoms with E-state index in [-0.39, 0.29) is 29.9 Å². The van der Waals surface area contributed by atoms with Gasteiger partial charge in [-0.1, -0.05) is 18.2 Å². The van der Waals surface area contributed by atoms with Crippen LogP contribution in [0.25, 0.3) is 0 Å². The maximum atomic E-state index is 10.8. The average Bonchev–Trinajstić information content (AvgIpc) is 2.05. The number of rotatable bonds is 1. The molecule has 0 aliphatic carbocycles. The van der Waals surface area contributed by atoms with Crippen molar-refractivity contribution in [2.75, 3.05) is 7.11 Å². The number of carbonyl (C=O) groups is 1. The summed E-state index contributed by atoms with van der Waals surface area (Å²) in [7, 11) is 1.37. The van der Waals surface area contributed by atoms with Crippen LogP contribution in [0.5, 0.6) is 0 Å². The molecule has 11 heavy (non-hydrogen) atoms. The molecule has 1 rings (SSSR count). The zero-order chi connectivity index (χ0) is 7.40. The summed E-state index contributed by atoms with van der Waals surface area (Å²) >= 11 is 0. The fourth-order valence-corrected chi connectivity index (χ4v) is 0.692. The van der Waals surface area contributed by atoms with Crippen molar-refractivity contribution in [3.63, 3.8) is 0 Å². The summed E-state index contributed by atoms with van der Waals surface area (Å²) < 4.78 is 4.50. The average molecular weight is 264 g/mol. The Kier molecular flexibility index (Phi) is 4.85. The van der Waals surface area contributed by atoms with Gasteiger partial charge in [-0.2, -0.15) is 0 Å². The van der Waals surface area contributed by atoms with E-state index >= 15 is 0 Å². The van der Waals surface area contributed by atoms with E-state index in [1.54, 1.807) is 24.3 Å². The first-order valence-corrected chi connectivity index (χ1v) is 2.98. The summed E-state index contributed by atoms with van der Waals surface area (Å²) in [5.41, 5.74) is 0.588. The standard InChI is InChI=1S/C8H8O2.HI/c1-10-8(9)7-5-3-2-4-6-7;/h2-6H,1H3;1H. The number of halogens is 1. The summed E-state index contributed by atoms with van der Waals surface area (Å²) in [5, 5.41) is 0. The minimum Gasteiger partial charge on any atom is -0.465 e. The first-order chi connectivity index (χ1) is 4.84. The van der Waals surface area contributed by atoms with Crippen LogP contribution < -0.4 is 0 Å². The van der Waals surface area contributed by atoms with Crippen LogP contribution in [0.1, 0.15) is 10.4 Å². The van der Waals surface area contributed by atoms with Crippen LogP contribution in [0, 0.1) is 0 Å². The summed E-state index contributed by atoms with van der Waals surface area (Å²) in [5.74, 6) is -0.291. The molecule has 0 saturated carbocycles. The van der Waals surface area contributed by atoms with Crippen molar-refractivity contribution in [3.05, 3.63) is 35.9 Å². The van der Waals surface area contributed by atoms with Crippen molar-refractivity contribution in [1.29, 1.82) is 0 Å². The highest BCUT2D eigenvalue weighted by Crippen LogP contribution is 1.98. The van der Waals surface area contributed by atoms with E-state index in [1.165, 1.54) is 7.11 Å². The molecule has 0 fully saturated rings. The van der Waals surface area contributed by atoms with Crippen LogP contribution >= 0.6 is 24.0 Å². The quantitative estimate of drug-likeness (QED) is 0.573. The van der Waals surface area contributed by atoms with Crippen LogP contribution in [-0.4, -0.2) is 13.1 Å². The monoisotopic (exact) mass is 264 g/mol. The van der Waals surface area contributed by atoms with Gasteiger partial charge >= 0.3 is 5.97 Å². The van der Waals surface area contributed by atoms with Gasteiger partial charge in [0.05, 0.1) is 12.7 Å². The topological polar surface area (TPSA) is 26.3 Å². The van der Waals surface area contributed by atoms with E-state index in [0.29, 0.717) is 5.56 Å². The van der Waals surface area contributed by atoms with Gasteiger partial charge in [0.25, 0.3) is 0 Å². The molecular formula is C8H9IO2. The van der Waals surface area contributed by atoms with Crippen LogP contribution in [0.3, 0.4) is 0 Å². The summed E-state index contributed by atoms with van der Waals surface area (Å²) in [6.45, 7) is 0. The highest BCUT2D eigenvalue weighted by atomic mass is 127. The maximum absolute atomic E-state index is 10.8. The Morgan fingerprint density at radius 3 is 2.27 bits per heavy atom. The Hall–Kier alpha value is -0.580. The van der Waals surface area contributed by atoms with Crippen molar-refractivity contribution in [2.45, 2.75) is 0 Å². The SMILES string of the molecule is COC(=O)c1ccccc1.I. The molecule has 0 unspecified atom stereocenters. The largest absolute Gasteiger partial charge is 0.465 e. The van der Waals surface area contributed by atoms with Gasteiger partial charge in [-0.25, -0.2) is 4.79 Å². The second-order valence-corrected chi connectivity index (χ2v) is 1.86. The minimum atomic E-state index is -0.291. The first-order valence-electron chi connectivity index (χ1n) is 2.98. The van der Waals surface area contributed by atoms with Crippen molar-refractivity contribution in [1.82, 2.24) is 0 Å². The molecule has 0 saturated heterocycles. The Bertz CT molecular complexity index is 221. The lowest BCUT2D eigenvalue weighted by atomic mass is 10.2. The Balaban J connectivity index is 0.000001000. The van der Waals surface area contributed by atoms with Gasteiger partial charge in [-0.15, -0.1) is 24.0 Å². The van der Waals surface area contributed by atoms with Gasteiger partial charge in [-0.05, 0) is 12.1 Å². The zero-order valence-corrected chi connectivity index (χ0v) is 8.44. The van der Waals surface area contributed by atoms with Gasteiger partial charge in [0.1, 0.15) is 0 Å². The molecule has 0 spiro atoms. The van der Waals surface area contributed by atoms with Gasteiger partial charge in [0, 0.05) is 0 Å².